The summed E-state index contributed by atoms with van der Waals surface area (Å²) in [6.45, 7) is 5.95. The van der Waals surface area contributed by atoms with Gasteiger partial charge in [-0.25, -0.2) is 9.79 Å². The van der Waals surface area contributed by atoms with Crippen LogP contribution in [-0.4, -0.2) is 71.4 Å². The molecule has 0 radical (unpaired) electrons. The third-order valence-electron chi connectivity index (χ3n) is 6.49. The summed E-state index contributed by atoms with van der Waals surface area (Å²) in [5.41, 5.74) is 1.92. The number of ether oxygens (including phenoxy) is 3. The van der Waals surface area contributed by atoms with E-state index in [0.717, 1.165) is 12.0 Å². The summed E-state index contributed by atoms with van der Waals surface area (Å²) in [6.07, 6.45) is 4.11. The summed E-state index contributed by atoms with van der Waals surface area (Å²) in [5.74, 6) is -1.53. The number of aromatic amines is 1. The Bertz CT molecular complexity index is 1120. The molecule has 2 N–H and O–H groups in total. The Hall–Kier alpha value is -2.66. The van der Waals surface area contributed by atoms with E-state index in [9.17, 15) is 9.59 Å². The van der Waals surface area contributed by atoms with E-state index in [4.69, 9.17) is 19.2 Å². The number of methoxy groups -OCH3 is 1. The number of aliphatic imine (C=N–C) groups is 1. The molecule has 0 saturated carbocycles. The number of benzene rings is 1. The molecule has 2 fully saturated rings. The minimum atomic E-state index is -0.707. The number of carbonyl (C=O) groups excluding carboxylic acids is 2. The fourth-order valence-corrected chi connectivity index (χ4v) is 5.34. The van der Waals surface area contributed by atoms with E-state index < -0.39 is 11.8 Å². The molecule has 188 valence electrons. The number of hydrogen-bond acceptors (Lipinski definition) is 8. The number of fused-ring (bicyclic) bond motifs is 1. The minimum absolute atomic E-state index is 0.115. The number of aromatic nitrogens is 1. The standard InChI is InChI=1S/C25H32N4O5S/c1-7-16-20-21(34-25(2,3)33-20)19(29(16)4)15-13-26-18(23(31)32-5)17(15)27-24(35-6)28-22(30)14-11-9-8-10-12-14/h8-13,16,19-21,26H,7H2,1-6H3,(H,27,28,30). The summed E-state index contributed by atoms with van der Waals surface area (Å²) in [7, 11) is 3.35. The van der Waals surface area contributed by atoms with Crippen molar-refractivity contribution in [2.45, 2.75) is 57.3 Å². The topological polar surface area (TPSA) is 105 Å². The molecule has 2 aromatic rings. The van der Waals surface area contributed by atoms with Crippen LogP contribution in [0.15, 0.2) is 41.5 Å². The number of rotatable bonds is 5. The summed E-state index contributed by atoms with van der Waals surface area (Å²) in [4.78, 5) is 35.4. The van der Waals surface area contributed by atoms with E-state index in [2.05, 4.69) is 22.1 Å². The van der Waals surface area contributed by atoms with Crippen molar-refractivity contribution in [3.8, 4) is 0 Å². The van der Waals surface area contributed by atoms with E-state index in [1.54, 1.807) is 30.5 Å². The van der Waals surface area contributed by atoms with Crippen LogP contribution < -0.4 is 5.32 Å². The van der Waals surface area contributed by atoms with Gasteiger partial charge in [0.05, 0.1) is 13.2 Å². The summed E-state index contributed by atoms with van der Waals surface area (Å²) in [6, 6.07) is 8.82. The number of thioether (sulfide) groups is 1. The van der Waals surface area contributed by atoms with E-state index in [0.29, 0.717) is 16.4 Å². The highest BCUT2D eigenvalue weighted by atomic mass is 32.2. The number of nitrogens with one attached hydrogen (secondary N) is 2. The van der Waals surface area contributed by atoms with Gasteiger partial charge in [0.25, 0.3) is 5.91 Å². The number of H-pyrrole nitrogens is 1. The molecule has 4 atom stereocenters. The molecule has 10 heteroatoms. The number of hydrogen-bond donors (Lipinski definition) is 2. The smallest absolute Gasteiger partial charge is 0.356 e. The van der Waals surface area contributed by atoms with Crippen molar-refractivity contribution in [3.63, 3.8) is 0 Å². The number of esters is 1. The molecule has 35 heavy (non-hydrogen) atoms. The minimum Gasteiger partial charge on any atom is -0.464 e. The first-order valence-corrected chi connectivity index (χ1v) is 12.8. The molecule has 0 bridgehead atoms. The monoisotopic (exact) mass is 500 g/mol. The molecule has 2 aliphatic heterocycles. The molecule has 0 spiro atoms. The molecule has 3 heterocycles. The lowest BCUT2D eigenvalue weighted by atomic mass is 10.0. The number of likely N-dealkylation sites (tertiary alicyclic amines) is 1. The molecule has 4 rings (SSSR count). The summed E-state index contributed by atoms with van der Waals surface area (Å²) >= 11 is 1.28. The Morgan fingerprint density at radius 2 is 1.91 bits per heavy atom. The average molecular weight is 501 g/mol. The van der Waals surface area contributed by atoms with Gasteiger partial charge in [-0.05, 0) is 45.7 Å². The van der Waals surface area contributed by atoms with Crippen molar-refractivity contribution in [3.05, 3.63) is 53.3 Å². The van der Waals surface area contributed by atoms with Crippen molar-refractivity contribution < 1.29 is 23.8 Å². The number of likely N-dealkylation sites (N-methyl/N-ethyl adjacent to an activating group) is 1. The number of amidine groups is 1. The molecule has 4 unspecified atom stereocenters. The second kappa shape index (κ2) is 10.1. The first kappa shape index (κ1) is 25.4. The molecule has 1 aromatic carbocycles. The fraction of sp³-hybridized carbons (Fsp3) is 0.480. The molecular formula is C25H32N4O5S. The van der Waals surface area contributed by atoms with Crippen LogP contribution in [0, 0.1) is 0 Å². The van der Waals surface area contributed by atoms with Crippen LogP contribution in [0.5, 0.6) is 0 Å². The van der Waals surface area contributed by atoms with Crippen LogP contribution in [0.25, 0.3) is 0 Å². The average Bonchev–Trinajstić information content (AvgIpc) is 3.46. The van der Waals surface area contributed by atoms with Crippen LogP contribution in [0.2, 0.25) is 0 Å². The SMILES string of the molecule is CCC1C2OC(C)(C)OC2C(c2c[nH]c(C(=O)OC)c2N=C(NC(=O)c2ccccc2)SC)N1C. The van der Waals surface area contributed by atoms with Gasteiger partial charge in [-0.15, -0.1) is 0 Å². The van der Waals surface area contributed by atoms with Gasteiger partial charge in [0, 0.05) is 23.4 Å². The molecule has 9 nitrogen and oxygen atoms in total. The van der Waals surface area contributed by atoms with Gasteiger partial charge in [-0.1, -0.05) is 36.9 Å². The summed E-state index contributed by atoms with van der Waals surface area (Å²) < 4.78 is 17.6. The maximum absolute atomic E-state index is 12.8. The highest BCUT2D eigenvalue weighted by molar-refractivity contribution is 8.13. The predicted octanol–water partition coefficient (Wildman–Crippen LogP) is 3.87. The first-order chi connectivity index (χ1) is 16.7. The van der Waals surface area contributed by atoms with Crippen LogP contribution >= 0.6 is 11.8 Å². The van der Waals surface area contributed by atoms with E-state index in [1.165, 1.54) is 18.9 Å². The molecule has 0 aliphatic carbocycles. The molecule has 1 aromatic heterocycles. The Morgan fingerprint density at radius 1 is 1.23 bits per heavy atom. The Labute approximate surface area is 209 Å². The van der Waals surface area contributed by atoms with Crippen LogP contribution in [0.4, 0.5) is 5.69 Å². The zero-order valence-corrected chi connectivity index (χ0v) is 21.6. The molecule has 2 aliphatic rings. The van der Waals surface area contributed by atoms with Crippen molar-refractivity contribution in [1.82, 2.24) is 15.2 Å². The largest absolute Gasteiger partial charge is 0.464 e. The molecule has 1 amide bonds. The van der Waals surface area contributed by atoms with Crippen molar-refractivity contribution in [2.75, 3.05) is 20.4 Å². The third kappa shape index (κ3) is 4.88. The lowest BCUT2D eigenvalue weighted by Crippen LogP contribution is -2.36. The van der Waals surface area contributed by atoms with Gasteiger partial charge in [-0.3, -0.25) is 9.69 Å². The zero-order chi connectivity index (χ0) is 25.3. The van der Waals surface area contributed by atoms with Gasteiger partial charge in [-0.2, -0.15) is 0 Å². The number of amides is 1. The fourth-order valence-electron chi connectivity index (χ4n) is 4.96. The van der Waals surface area contributed by atoms with Crippen molar-refractivity contribution in [1.29, 1.82) is 0 Å². The van der Waals surface area contributed by atoms with Gasteiger partial charge in [0.2, 0.25) is 0 Å². The van der Waals surface area contributed by atoms with Crippen LogP contribution in [-0.2, 0) is 14.2 Å². The van der Waals surface area contributed by atoms with Gasteiger partial charge in [0.15, 0.2) is 16.6 Å². The zero-order valence-electron chi connectivity index (χ0n) is 20.8. The highest BCUT2D eigenvalue weighted by Crippen LogP contribution is 2.49. The van der Waals surface area contributed by atoms with Gasteiger partial charge in [0.1, 0.15) is 17.9 Å². The van der Waals surface area contributed by atoms with Gasteiger partial charge < -0.3 is 24.5 Å². The molecule has 2 saturated heterocycles. The van der Waals surface area contributed by atoms with E-state index in [-0.39, 0.29) is 35.9 Å². The molecular weight excluding hydrogens is 468 g/mol. The quantitative estimate of drug-likeness (QED) is 0.365. The maximum Gasteiger partial charge on any atom is 0.356 e. The second-order valence-corrected chi connectivity index (χ2v) is 9.85. The lowest BCUT2D eigenvalue weighted by molar-refractivity contribution is -0.166. The Balaban J connectivity index is 1.75. The number of nitrogens with zero attached hydrogens (tertiary/aromatic N) is 2. The van der Waals surface area contributed by atoms with Crippen LogP contribution in [0.1, 0.15) is 59.6 Å². The van der Waals surface area contributed by atoms with Crippen LogP contribution in [0.3, 0.4) is 0 Å². The maximum atomic E-state index is 12.8. The predicted molar refractivity (Wildman–Crippen MR) is 135 cm³/mol. The van der Waals surface area contributed by atoms with Crippen molar-refractivity contribution in [2.24, 2.45) is 4.99 Å². The Kier molecular flexibility index (Phi) is 7.37. The lowest BCUT2D eigenvalue weighted by Gasteiger charge is -2.30. The van der Waals surface area contributed by atoms with E-state index >= 15 is 0 Å². The van der Waals surface area contributed by atoms with Gasteiger partial charge >= 0.3 is 5.97 Å². The Morgan fingerprint density at radius 3 is 2.54 bits per heavy atom. The first-order valence-electron chi connectivity index (χ1n) is 11.6. The highest BCUT2D eigenvalue weighted by Gasteiger charge is 2.57. The summed E-state index contributed by atoms with van der Waals surface area (Å²) in [5, 5.41) is 3.21. The third-order valence-corrected chi connectivity index (χ3v) is 7.07. The van der Waals surface area contributed by atoms with Crippen molar-refractivity contribution >= 4 is 34.5 Å². The van der Waals surface area contributed by atoms with E-state index in [1.807, 2.05) is 33.2 Å². The number of carbonyl (C=O) groups is 2. The normalized spacial score (nSPS) is 25.9. The second-order valence-electron chi connectivity index (χ2n) is 9.05.